The van der Waals surface area contributed by atoms with E-state index in [-0.39, 0.29) is 5.91 Å². The number of carbonyl (C=O) groups is 1. The van der Waals surface area contributed by atoms with Crippen molar-refractivity contribution in [1.29, 1.82) is 0 Å². The van der Waals surface area contributed by atoms with Gasteiger partial charge in [0.05, 0.1) is 5.69 Å². The van der Waals surface area contributed by atoms with Crippen LogP contribution >= 0.6 is 11.3 Å². The Morgan fingerprint density at radius 1 is 1.33 bits per heavy atom. The van der Waals surface area contributed by atoms with E-state index in [1.807, 2.05) is 26.0 Å². The highest BCUT2D eigenvalue weighted by molar-refractivity contribution is 7.15. The van der Waals surface area contributed by atoms with Gasteiger partial charge in [-0.15, -0.1) is 11.3 Å². The molecule has 0 aliphatic heterocycles. The number of hydrogen-bond donors (Lipinski definition) is 1. The monoisotopic (exact) mass is 261 g/mol. The molecule has 2 heterocycles. The Bertz CT molecular complexity index is 577. The first-order chi connectivity index (χ1) is 8.60. The smallest absolute Gasteiger partial charge is 0.276 e. The molecular weight excluding hydrogens is 246 g/mol. The summed E-state index contributed by atoms with van der Waals surface area (Å²) in [7, 11) is 0. The Kier molecular flexibility index (Phi) is 3.72. The van der Waals surface area contributed by atoms with Gasteiger partial charge in [-0.1, -0.05) is 13.0 Å². The Morgan fingerprint density at radius 2 is 2.11 bits per heavy atom. The first kappa shape index (κ1) is 12.7. The van der Waals surface area contributed by atoms with Gasteiger partial charge in [-0.05, 0) is 32.4 Å². The minimum Gasteiger partial charge on any atom is -0.296 e. The fraction of sp³-hybridized carbons (Fsp3) is 0.308. The van der Waals surface area contributed by atoms with Crippen molar-refractivity contribution in [2.45, 2.75) is 27.2 Å². The average Bonchev–Trinajstić information content (AvgIpc) is 2.69. The van der Waals surface area contributed by atoms with Crippen molar-refractivity contribution in [2.24, 2.45) is 0 Å². The molecule has 0 saturated heterocycles. The van der Waals surface area contributed by atoms with Crippen LogP contribution in [0.15, 0.2) is 18.2 Å². The van der Waals surface area contributed by atoms with E-state index in [2.05, 4.69) is 22.2 Å². The standard InChI is InChI=1S/C13H15N3OS/c1-4-10-9(3)18-13(15-10)16-12(17)11-7-5-6-8(2)14-11/h5-7H,4H2,1-3H3,(H,15,16,17). The number of aromatic nitrogens is 2. The number of thiazole rings is 1. The van der Waals surface area contributed by atoms with Gasteiger partial charge >= 0.3 is 0 Å². The molecule has 0 fully saturated rings. The molecule has 0 atom stereocenters. The summed E-state index contributed by atoms with van der Waals surface area (Å²) in [6, 6.07) is 5.38. The number of aryl methyl sites for hydroxylation is 3. The van der Waals surface area contributed by atoms with Gasteiger partial charge in [0, 0.05) is 10.6 Å². The summed E-state index contributed by atoms with van der Waals surface area (Å²) in [4.78, 5) is 21.7. The van der Waals surface area contributed by atoms with Gasteiger partial charge in [0.25, 0.3) is 5.91 Å². The van der Waals surface area contributed by atoms with E-state index in [0.29, 0.717) is 10.8 Å². The van der Waals surface area contributed by atoms with Crippen LogP contribution in [0.5, 0.6) is 0 Å². The third-order valence-electron chi connectivity index (χ3n) is 2.57. The minimum absolute atomic E-state index is 0.213. The van der Waals surface area contributed by atoms with Crippen LogP contribution in [0.1, 0.15) is 33.7 Å². The zero-order valence-corrected chi connectivity index (χ0v) is 11.5. The molecule has 4 nitrogen and oxygen atoms in total. The molecule has 0 bridgehead atoms. The summed E-state index contributed by atoms with van der Waals surface area (Å²) >= 11 is 1.50. The van der Waals surface area contributed by atoms with Gasteiger partial charge in [-0.3, -0.25) is 10.1 Å². The first-order valence-electron chi connectivity index (χ1n) is 5.81. The molecule has 2 aromatic rings. The van der Waals surface area contributed by atoms with Crippen LogP contribution in [0.25, 0.3) is 0 Å². The summed E-state index contributed by atoms with van der Waals surface area (Å²) in [5.41, 5.74) is 2.28. The highest BCUT2D eigenvalue weighted by atomic mass is 32.1. The maximum atomic E-state index is 12.0. The lowest BCUT2D eigenvalue weighted by molar-refractivity contribution is 0.102. The minimum atomic E-state index is -0.213. The van der Waals surface area contributed by atoms with E-state index in [1.54, 1.807) is 6.07 Å². The summed E-state index contributed by atoms with van der Waals surface area (Å²) in [6.45, 7) is 5.92. The molecule has 18 heavy (non-hydrogen) atoms. The van der Waals surface area contributed by atoms with Gasteiger partial charge in [0.15, 0.2) is 5.13 Å². The molecule has 0 saturated carbocycles. The molecule has 2 rings (SSSR count). The van der Waals surface area contributed by atoms with Crippen LogP contribution in [-0.2, 0) is 6.42 Å². The summed E-state index contributed by atoms with van der Waals surface area (Å²) in [5.74, 6) is -0.213. The number of carbonyl (C=O) groups excluding carboxylic acids is 1. The number of nitrogens with one attached hydrogen (secondary N) is 1. The van der Waals surface area contributed by atoms with Crippen LogP contribution in [-0.4, -0.2) is 15.9 Å². The van der Waals surface area contributed by atoms with E-state index < -0.39 is 0 Å². The molecule has 2 aromatic heterocycles. The Balaban J connectivity index is 2.16. The summed E-state index contributed by atoms with van der Waals surface area (Å²) in [5, 5.41) is 3.42. The maximum Gasteiger partial charge on any atom is 0.276 e. The van der Waals surface area contributed by atoms with Crippen LogP contribution < -0.4 is 5.32 Å². The molecule has 0 aliphatic carbocycles. The third kappa shape index (κ3) is 2.73. The predicted molar refractivity (Wildman–Crippen MR) is 73.2 cm³/mol. The van der Waals surface area contributed by atoms with Crippen LogP contribution in [0.3, 0.4) is 0 Å². The van der Waals surface area contributed by atoms with E-state index in [0.717, 1.165) is 22.7 Å². The number of hydrogen-bond acceptors (Lipinski definition) is 4. The maximum absolute atomic E-state index is 12.0. The van der Waals surface area contributed by atoms with Crippen LogP contribution in [0.2, 0.25) is 0 Å². The molecule has 1 N–H and O–H groups in total. The fourth-order valence-electron chi connectivity index (χ4n) is 1.64. The zero-order chi connectivity index (χ0) is 13.1. The van der Waals surface area contributed by atoms with Gasteiger partial charge in [0.1, 0.15) is 5.69 Å². The van der Waals surface area contributed by atoms with Gasteiger partial charge in [-0.25, -0.2) is 9.97 Å². The molecule has 0 aliphatic rings. The molecule has 0 unspecified atom stereocenters. The Hall–Kier alpha value is -1.75. The summed E-state index contributed by atoms with van der Waals surface area (Å²) < 4.78 is 0. The SMILES string of the molecule is CCc1nc(NC(=O)c2cccc(C)n2)sc1C. The molecule has 5 heteroatoms. The molecule has 0 radical (unpaired) electrons. The highest BCUT2D eigenvalue weighted by Crippen LogP contribution is 2.22. The van der Waals surface area contributed by atoms with Gasteiger partial charge in [-0.2, -0.15) is 0 Å². The van der Waals surface area contributed by atoms with Crippen molar-refractivity contribution >= 4 is 22.4 Å². The normalized spacial score (nSPS) is 10.4. The van der Waals surface area contributed by atoms with Crippen molar-refractivity contribution in [3.05, 3.63) is 40.2 Å². The highest BCUT2D eigenvalue weighted by Gasteiger charge is 2.11. The molecular formula is C13H15N3OS. The van der Waals surface area contributed by atoms with Crippen molar-refractivity contribution in [3.63, 3.8) is 0 Å². The molecule has 1 amide bonds. The summed E-state index contributed by atoms with van der Waals surface area (Å²) in [6.07, 6.45) is 0.876. The molecule has 0 aromatic carbocycles. The topological polar surface area (TPSA) is 54.9 Å². The van der Waals surface area contributed by atoms with E-state index in [9.17, 15) is 4.79 Å². The predicted octanol–water partition coefficient (Wildman–Crippen LogP) is 2.97. The number of anilines is 1. The average molecular weight is 261 g/mol. The lowest BCUT2D eigenvalue weighted by Gasteiger charge is -2.01. The lowest BCUT2D eigenvalue weighted by atomic mass is 10.3. The van der Waals surface area contributed by atoms with E-state index in [4.69, 9.17) is 0 Å². The van der Waals surface area contributed by atoms with Crippen molar-refractivity contribution in [2.75, 3.05) is 5.32 Å². The number of nitrogens with zero attached hydrogens (tertiary/aromatic N) is 2. The van der Waals surface area contributed by atoms with Gasteiger partial charge in [0.2, 0.25) is 0 Å². The van der Waals surface area contributed by atoms with Crippen molar-refractivity contribution in [1.82, 2.24) is 9.97 Å². The quantitative estimate of drug-likeness (QED) is 0.924. The fourth-order valence-corrected chi connectivity index (χ4v) is 2.54. The molecule has 94 valence electrons. The third-order valence-corrected chi connectivity index (χ3v) is 3.50. The zero-order valence-electron chi connectivity index (χ0n) is 10.7. The van der Waals surface area contributed by atoms with Crippen LogP contribution in [0.4, 0.5) is 5.13 Å². The molecule has 0 spiro atoms. The Morgan fingerprint density at radius 3 is 2.72 bits per heavy atom. The van der Waals surface area contributed by atoms with Crippen LogP contribution in [0, 0.1) is 13.8 Å². The Labute approximate surface area is 110 Å². The van der Waals surface area contributed by atoms with Crippen molar-refractivity contribution < 1.29 is 4.79 Å². The number of amides is 1. The largest absolute Gasteiger partial charge is 0.296 e. The second-order valence-corrected chi connectivity index (χ2v) is 5.20. The van der Waals surface area contributed by atoms with Gasteiger partial charge < -0.3 is 0 Å². The number of rotatable bonds is 3. The first-order valence-corrected chi connectivity index (χ1v) is 6.63. The number of pyridine rings is 1. The second-order valence-electron chi connectivity index (χ2n) is 3.99. The lowest BCUT2D eigenvalue weighted by Crippen LogP contribution is -2.13. The van der Waals surface area contributed by atoms with E-state index in [1.165, 1.54) is 11.3 Å². The van der Waals surface area contributed by atoms with Crippen molar-refractivity contribution in [3.8, 4) is 0 Å². The van der Waals surface area contributed by atoms with E-state index >= 15 is 0 Å². The second kappa shape index (κ2) is 5.27.